The van der Waals surface area contributed by atoms with Gasteiger partial charge in [0.15, 0.2) is 0 Å². The van der Waals surface area contributed by atoms with E-state index in [1.165, 1.54) is 0 Å². The molecule has 0 spiro atoms. The Balaban J connectivity index is 2.08. The van der Waals surface area contributed by atoms with Gasteiger partial charge in [0.1, 0.15) is 5.82 Å². The van der Waals surface area contributed by atoms with Crippen molar-refractivity contribution in [2.24, 2.45) is 0 Å². The molecule has 3 heteroatoms. The summed E-state index contributed by atoms with van der Waals surface area (Å²) < 4.78 is 14.1. The molecular formula is C13H11BrFN. The van der Waals surface area contributed by atoms with Gasteiger partial charge in [0, 0.05) is 17.8 Å². The first-order valence-electron chi connectivity index (χ1n) is 4.99. The number of rotatable bonds is 3. The average Bonchev–Trinajstić information content (AvgIpc) is 2.32. The summed E-state index contributed by atoms with van der Waals surface area (Å²) in [6.07, 6.45) is 0. The summed E-state index contributed by atoms with van der Waals surface area (Å²) in [6, 6.07) is 15.0. The van der Waals surface area contributed by atoms with E-state index in [-0.39, 0.29) is 5.82 Å². The first-order chi connectivity index (χ1) is 7.77. The summed E-state index contributed by atoms with van der Waals surface area (Å²) in [6.45, 7) is 0.481. The molecule has 1 N–H and O–H groups in total. The van der Waals surface area contributed by atoms with E-state index in [1.54, 1.807) is 12.1 Å². The third-order valence-corrected chi connectivity index (χ3v) is 2.90. The highest BCUT2D eigenvalue weighted by Crippen LogP contribution is 2.19. The third-order valence-electron chi connectivity index (χ3n) is 2.29. The second-order valence-corrected chi connectivity index (χ2v) is 4.29. The van der Waals surface area contributed by atoms with Gasteiger partial charge in [0.25, 0.3) is 0 Å². The zero-order valence-corrected chi connectivity index (χ0v) is 10.2. The Morgan fingerprint density at radius 1 is 1.00 bits per heavy atom. The molecule has 82 valence electrons. The average molecular weight is 280 g/mol. The maximum absolute atomic E-state index is 13.6. The fourth-order valence-electron chi connectivity index (χ4n) is 1.44. The van der Waals surface area contributed by atoms with Crippen molar-refractivity contribution >= 4 is 21.6 Å². The van der Waals surface area contributed by atoms with Crippen molar-refractivity contribution in [3.05, 3.63) is 64.4 Å². The molecule has 0 aliphatic heterocycles. The van der Waals surface area contributed by atoms with Gasteiger partial charge >= 0.3 is 0 Å². The van der Waals surface area contributed by atoms with Gasteiger partial charge in [0.2, 0.25) is 0 Å². The lowest BCUT2D eigenvalue weighted by atomic mass is 10.2. The number of hydrogen-bond acceptors (Lipinski definition) is 1. The molecule has 0 heterocycles. The molecule has 0 saturated heterocycles. The molecule has 2 aromatic carbocycles. The maximum Gasteiger partial charge on any atom is 0.142 e. The van der Waals surface area contributed by atoms with Crippen LogP contribution in [0.3, 0.4) is 0 Å². The van der Waals surface area contributed by atoms with Gasteiger partial charge in [-0.15, -0.1) is 0 Å². The molecule has 0 aromatic heterocycles. The predicted octanol–water partition coefficient (Wildman–Crippen LogP) is 4.20. The highest BCUT2D eigenvalue weighted by Gasteiger charge is 2.04. The summed E-state index contributed by atoms with van der Waals surface area (Å²) in [7, 11) is 0. The molecule has 0 amide bonds. The molecule has 0 atom stereocenters. The van der Waals surface area contributed by atoms with E-state index in [1.807, 2.05) is 36.4 Å². The number of hydrogen-bond donors (Lipinski definition) is 1. The van der Waals surface area contributed by atoms with Crippen LogP contribution < -0.4 is 5.32 Å². The Bertz CT molecular complexity index is 471. The van der Waals surface area contributed by atoms with Gasteiger partial charge in [-0.25, -0.2) is 4.39 Å². The molecule has 1 nitrogen and oxygen atoms in total. The molecule has 2 aromatic rings. The summed E-state index contributed by atoms with van der Waals surface area (Å²) >= 11 is 3.17. The van der Waals surface area contributed by atoms with Crippen molar-refractivity contribution in [3.63, 3.8) is 0 Å². The quantitative estimate of drug-likeness (QED) is 0.888. The smallest absolute Gasteiger partial charge is 0.142 e. The van der Waals surface area contributed by atoms with Crippen LogP contribution in [0.4, 0.5) is 10.1 Å². The van der Waals surface area contributed by atoms with E-state index in [4.69, 9.17) is 0 Å². The maximum atomic E-state index is 13.6. The van der Waals surface area contributed by atoms with Gasteiger partial charge in [-0.1, -0.05) is 30.3 Å². The van der Waals surface area contributed by atoms with E-state index in [9.17, 15) is 4.39 Å². The minimum Gasteiger partial charge on any atom is -0.381 e. The van der Waals surface area contributed by atoms with Crippen LogP contribution >= 0.6 is 15.9 Å². The topological polar surface area (TPSA) is 12.0 Å². The van der Waals surface area contributed by atoms with Crippen LogP contribution in [0.5, 0.6) is 0 Å². The monoisotopic (exact) mass is 279 g/mol. The lowest BCUT2D eigenvalue weighted by molar-refractivity contribution is 0.606. The normalized spacial score (nSPS) is 10.1. The SMILES string of the molecule is Fc1c(Br)cccc1CNc1ccccc1. The van der Waals surface area contributed by atoms with Crippen molar-refractivity contribution in [1.82, 2.24) is 0 Å². The fraction of sp³-hybridized carbons (Fsp3) is 0.0769. The number of benzene rings is 2. The molecule has 16 heavy (non-hydrogen) atoms. The van der Waals surface area contributed by atoms with Crippen LogP contribution in [0, 0.1) is 5.82 Å². The van der Waals surface area contributed by atoms with Crippen molar-refractivity contribution in [2.75, 3.05) is 5.32 Å². The predicted molar refractivity (Wildman–Crippen MR) is 67.9 cm³/mol. The number of nitrogens with one attached hydrogen (secondary N) is 1. The standard InChI is InChI=1S/C13H11BrFN/c14-12-8-4-5-10(13(12)15)9-16-11-6-2-1-3-7-11/h1-8,16H,9H2. The lowest BCUT2D eigenvalue weighted by Gasteiger charge is -2.07. The van der Waals surface area contributed by atoms with Gasteiger partial charge in [-0.2, -0.15) is 0 Å². The van der Waals surface area contributed by atoms with Crippen molar-refractivity contribution in [1.29, 1.82) is 0 Å². The van der Waals surface area contributed by atoms with E-state index >= 15 is 0 Å². The van der Waals surface area contributed by atoms with Crippen molar-refractivity contribution < 1.29 is 4.39 Å². The number of anilines is 1. The van der Waals surface area contributed by atoms with Crippen molar-refractivity contribution in [2.45, 2.75) is 6.54 Å². The lowest BCUT2D eigenvalue weighted by Crippen LogP contribution is -2.01. The zero-order chi connectivity index (χ0) is 11.4. The second kappa shape index (κ2) is 5.12. The number of para-hydroxylation sites is 1. The second-order valence-electron chi connectivity index (χ2n) is 3.43. The van der Waals surface area contributed by atoms with Crippen LogP contribution in [0.2, 0.25) is 0 Å². The van der Waals surface area contributed by atoms with Gasteiger partial charge in [-0.3, -0.25) is 0 Å². The van der Waals surface area contributed by atoms with Gasteiger partial charge in [-0.05, 0) is 34.1 Å². The highest BCUT2D eigenvalue weighted by atomic mass is 79.9. The zero-order valence-electron chi connectivity index (χ0n) is 8.58. The molecule has 0 radical (unpaired) electrons. The number of halogens is 2. The molecule has 0 unspecified atom stereocenters. The Labute approximate surface area is 102 Å². The summed E-state index contributed by atoms with van der Waals surface area (Å²) in [5.74, 6) is -0.203. The van der Waals surface area contributed by atoms with Crippen LogP contribution in [0.1, 0.15) is 5.56 Å². The summed E-state index contributed by atoms with van der Waals surface area (Å²) in [4.78, 5) is 0. The molecule has 0 bridgehead atoms. The van der Waals surface area contributed by atoms with Gasteiger partial charge < -0.3 is 5.32 Å². The minimum atomic E-state index is -0.203. The van der Waals surface area contributed by atoms with Crippen LogP contribution in [0.15, 0.2) is 53.0 Å². The van der Waals surface area contributed by atoms with E-state index in [0.29, 0.717) is 16.6 Å². The van der Waals surface area contributed by atoms with Gasteiger partial charge in [0.05, 0.1) is 4.47 Å². The van der Waals surface area contributed by atoms with Crippen LogP contribution in [0.25, 0.3) is 0 Å². The molecule has 0 saturated carbocycles. The third kappa shape index (κ3) is 2.61. The molecular weight excluding hydrogens is 269 g/mol. The Morgan fingerprint density at radius 2 is 1.75 bits per heavy atom. The molecule has 0 aliphatic rings. The largest absolute Gasteiger partial charge is 0.381 e. The summed E-state index contributed by atoms with van der Waals surface area (Å²) in [5.41, 5.74) is 1.64. The highest BCUT2D eigenvalue weighted by molar-refractivity contribution is 9.10. The molecule has 0 fully saturated rings. The van der Waals surface area contributed by atoms with Crippen molar-refractivity contribution in [3.8, 4) is 0 Å². The Hall–Kier alpha value is -1.35. The molecule has 2 rings (SSSR count). The van der Waals surface area contributed by atoms with E-state index in [0.717, 1.165) is 5.69 Å². The Kier molecular flexibility index (Phi) is 3.57. The molecule has 0 aliphatic carbocycles. The minimum absolute atomic E-state index is 0.203. The van der Waals surface area contributed by atoms with E-state index < -0.39 is 0 Å². The van der Waals surface area contributed by atoms with E-state index in [2.05, 4.69) is 21.2 Å². The van der Waals surface area contributed by atoms with Crippen LogP contribution in [-0.2, 0) is 6.54 Å². The first-order valence-corrected chi connectivity index (χ1v) is 5.78. The van der Waals surface area contributed by atoms with Crippen LogP contribution in [-0.4, -0.2) is 0 Å². The summed E-state index contributed by atoms with van der Waals surface area (Å²) in [5, 5.41) is 3.17. The first kappa shape index (κ1) is 11.1. The Morgan fingerprint density at radius 3 is 2.50 bits per heavy atom. The fourth-order valence-corrected chi connectivity index (χ4v) is 1.85.